The van der Waals surface area contributed by atoms with E-state index >= 15 is 0 Å². The average Bonchev–Trinajstić information content (AvgIpc) is 3.32. The molecule has 2 aliphatic heterocycles. The van der Waals surface area contributed by atoms with Crippen molar-refractivity contribution in [3.05, 3.63) is 99.3 Å². The maximum absolute atomic E-state index is 14.0. The molecule has 0 aliphatic carbocycles. The van der Waals surface area contributed by atoms with E-state index < -0.39 is 5.91 Å². The van der Waals surface area contributed by atoms with Crippen molar-refractivity contribution >= 4 is 51.4 Å². The number of halogens is 2. The van der Waals surface area contributed by atoms with Crippen molar-refractivity contribution in [1.29, 1.82) is 5.41 Å². The second-order valence-electron chi connectivity index (χ2n) is 8.43. The van der Waals surface area contributed by atoms with E-state index in [1.54, 1.807) is 30.3 Å². The van der Waals surface area contributed by atoms with Gasteiger partial charge >= 0.3 is 0 Å². The summed E-state index contributed by atoms with van der Waals surface area (Å²) in [7, 11) is 0. The zero-order valence-corrected chi connectivity index (χ0v) is 22.1. The van der Waals surface area contributed by atoms with Gasteiger partial charge in [0.1, 0.15) is 17.5 Å². The lowest BCUT2D eigenvalue weighted by Gasteiger charge is -2.20. The van der Waals surface area contributed by atoms with E-state index in [1.165, 1.54) is 28.9 Å². The number of nitrogens with one attached hydrogen (secondary N) is 1. The monoisotopic (exact) mass is 548 g/mol. The van der Waals surface area contributed by atoms with Crippen LogP contribution in [0.15, 0.2) is 76.3 Å². The fraction of sp³-hybridized carbons (Fsp3) is 0.143. The van der Waals surface area contributed by atoms with E-state index in [-0.39, 0.29) is 34.6 Å². The van der Waals surface area contributed by atoms with Crippen LogP contribution in [0.1, 0.15) is 29.2 Å². The third-order valence-electron chi connectivity index (χ3n) is 5.73. The van der Waals surface area contributed by atoms with E-state index in [0.29, 0.717) is 33.7 Å². The summed E-state index contributed by atoms with van der Waals surface area (Å²) in [4.78, 5) is 17.0. The summed E-state index contributed by atoms with van der Waals surface area (Å²) >= 11 is 7.76. The summed E-state index contributed by atoms with van der Waals surface area (Å²) in [6.07, 6.45) is 1.52. The number of aliphatic imine (C=N–C) groups is 1. The van der Waals surface area contributed by atoms with Gasteiger partial charge < -0.3 is 9.47 Å². The molecule has 0 spiro atoms. The van der Waals surface area contributed by atoms with E-state index in [4.69, 9.17) is 26.5 Å². The van der Waals surface area contributed by atoms with Crippen molar-refractivity contribution < 1.29 is 18.7 Å². The standard InChI is InChI=1S/C28H22ClFN4O3S/c1-3-36-23-14-17(13-21(29)24(23)37-15-19-6-4-5-7-22(19)30)12-20-25(31)34-28(32-26(20)35)38-27(33-34)18-10-8-16(2)9-11-18/h4-14,31H,3,15H2,1-2H3/b20-12-,31-25?. The summed E-state index contributed by atoms with van der Waals surface area (Å²) in [5, 5.41) is 15.7. The molecule has 2 heterocycles. The summed E-state index contributed by atoms with van der Waals surface area (Å²) in [6.45, 7) is 4.10. The second-order valence-corrected chi connectivity index (χ2v) is 9.80. The molecule has 38 heavy (non-hydrogen) atoms. The number of fused-ring (bicyclic) bond motifs is 1. The molecular weight excluding hydrogens is 527 g/mol. The molecule has 5 rings (SSSR count). The number of hydrazone groups is 1. The average molecular weight is 549 g/mol. The topological polar surface area (TPSA) is 87.3 Å². The van der Waals surface area contributed by atoms with E-state index in [0.717, 1.165) is 11.1 Å². The lowest BCUT2D eigenvalue weighted by molar-refractivity contribution is -0.114. The Labute approximate surface area is 228 Å². The normalized spacial score (nSPS) is 15.9. The molecule has 0 bridgehead atoms. The smallest absolute Gasteiger partial charge is 0.283 e. The minimum atomic E-state index is -0.553. The first kappa shape index (κ1) is 25.7. The number of nitrogens with zero attached hydrogens (tertiary/aromatic N) is 3. The van der Waals surface area contributed by atoms with Crippen LogP contribution in [0.3, 0.4) is 0 Å². The molecule has 0 saturated carbocycles. The molecule has 7 nitrogen and oxygen atoms in total. The Balaban J connectivity index is 1.43. The van der Waals surface area contributed by atoms with E-state index in [9.17, 15) is 9.18 Å². The van der Waals surface area contributed by atoms with Gasteiger partial charge in [-0.15, -0.1) is 0 Å². The summed E-state index contributed by atoms with van der Waals surface area (Å²) in [5.41, 5.74) is 2.94. The SMILES string of the molecule is CCOc1cc(/C=C2/C(=N)N3N=C(c4ccc(C)cc4)SC3=NC2=O)cc(Cl)c1OCc1ccccc1F. The summed E-state index contributed by atoms with van der Waals surface area (Å²) in [5.74, 6) is -0.441. The molecular formula is C28H22ClFN4O3S. The lowest BCUT2D eigenvalue weighted by Crippen LogP contribution is -2.35. The zero-order valence-electron chi connectivity index (χ0n) is 20.5. The van der Waals surface area contributed by atoms with Crippen LogP contribution in [0.25, 0.3) is 6.08 Å². The molecule has 0 atom stereocenters. The fourth-order valence-electron chi connectivity index (χ4n) is 3.81. The van der Waals surface area contributed by atoms with Gasteiger partial charge in [0.2, 0.25) is 5.17 Å². The van der Waals surface area contributed by atoms with Crippen molar-refractivity contribution in [2.45, 2.75) is 20.5 Å². The van der Waals surface area contributed by atoms with Gasteiger partial charge in [-0.3, -0.25) is 10.2 Å². The maximum atomic E-state index is 14.0. The third-order valence-corrected chi connectivity index (χ3v) is 6.96. The first-order valence-corrected chi connectivity index (χ1v) is 12.9. The van der Waals surface area contributed by atoms with Crippen LogP contribution in [-0.4, -0.2) is 33.6 Å². The largest absolute Gasteiger partial charge is 0.490 e. The molecule has 0 saturated heterocycles. The van der Waals surface area contributed by atoms with Gasteiger partial charge in [0.15, 0.2) is 17.3 Å². The zero-order chi connectivity index (χ0) is 26.8. The Hall–Kier alpha value is -3.95. The molecule has 10 heteroatoms. The highest BCUT2D eigenvalue weighted by molar-refractivity contribution is 8.27. The van der Waals surface area contributed by atoms with Crippen molar-refractivity contribution in [2.75, 3.05) is 6.61 Å². The number of aryl methyl sites for hydroxylation is 1. The highest BCUT2D eigenvalue weighted by Crippen LogP contribution is 2.38. The number of benzene rings is 3. The van der Waals surface area contributed by atoms with Gasteiger partial charge in [-0.05, 0) is 55.4 Å². The molecule has 1 amide bonds. The molecule has 1 N–H and O–H groups in total. The number of carbonyl (C=O) groups is 1. The van der Waals surface area contributed by atoms with Crippen molar-refractivity contribution in [2.24, 2.45) is 10.1 Å². The van der Waals surface area contributed by atoms with Gasteiger partial charge in [0, 0.05) is 11.1 Å². The fourth-order valence-corrected chi connectivity index (χ4v) is 4.98. The molecule has 0 aromatic heterocycles. The number of rotatable bonds is 7. The number of hydrogen-bond donors (Lipinski definition) is 1. The van der Waals surface area contributed by atoms with Crippen LogP contribution >= 0.6 is 23.4 Å². The van der Waals surface area contributed by atoms with Crippen LogP contribution in [0.5, 0.6) is 11.5 Å². The summed E-state index contributed by atoms with van der Waals surface area (Å²) < 4.78 is 25.6. The van der Waals surface area contributed by atoms with Gasteiger partial charge in [-0.2, -0.15) is 15.1 Å². The first-order valence-electron chi connectivity index (χ1n) is 11.7. The van der Waals surface area contributed by atoms with Crippen LogP contribution < -0.4 is 9.47 Å². The number of carbonyl (C=O) groups excluding carboxylic acids is 1. The van der Waals surface area contributed by atoms with Gasteiger partial charge in [0.05, 0.1) is 17.2 Å². The van der Waals surface area contributed by atoms with Crippen LogP contribution in [0.4, 0.5) is 4.39 Å². The van der Waals surface area contributed by atoms with E-state index in [2.05, 4.69) is 10.1 Å². The number of thioether (sulfide) groups is 1. The number of amides is 1. The highest BCUT2D eigenvalue weighted by atomic mass is 35.5. The quantitative estimate of drug-likeness (QED) is 0.344. The van der Waals surface area contributed by atoms with Gasteiger partial charge in [-0.25, -0.2) is 4.39 Å². The minimum Gasteiger partial charge on any atom is -0.490 e. The minimum absolute atomic E-state index is 0.0402. The Morgan fingerprint density at radius 1 is 1.13 bits per heavy atom. The predicted molar refractivity (Wildman–Crippen MR) is 149 cm³/mol. The Kier molecular flexibility index (Phi) is 7.31. The Bertz CT molecular complexity index is 1540. The molecule has 0 radical (unpaired) electrons. The van der Waals surface area contributed by atoms with Crippen LogP contribution in [0, 0.1) is 18.2 Å². The molecule has 3 aromatic carbocycles. The lowest BCUT2D eigenvalue weighted by atomic mass is 10.1. The van der Waals surface area contributed by atoms with Crippen molar-refractivity contribution in [1.82, 2.24) is 5.01 Å². The van der Waals surface area contributed by atoms with Gasteiger partial charge in [0.25, 0.3) is 5.91 Å². The summed E-state index contributed by atoms with van der Waals surface area (Å²) in [6, 6.07) is 17.4. The number of amidine groups is 2. The molecule has 192 valence electrons. The highest BCUT2D eigenvalue weighted by Gasteiger charge is 2.36. The van der Waals surface area contributed by atoms with Crippen LogP contribution in [0.2, 0.25) is 5.02 Å². The van der Waals surface area contributed by atoms with Gasteiger partial charge in [-0.1, -0.05) is 59.6 Å². The third kappa shape index (κ3) is 5.20. The van der Waals surface area contributed by atoms with Crippen molar-refractivity contribution in [3.8, 4) is 11.5 Å². The predicted octanol–water partition coefficient (Wildman–Crippen LogP) is 6.43. The van der Waals surface area contributed by atoms with E-state index in [1.807, 2.05) is 38.1 Å². The molecule has 0 unspecified atom stereocenters. The van der Waals surface area contributed by atoms with Crippen LogP contribution in [-0.2, 0) is 11.4 Å². The number of hydrogen-bond acceptors (Lipinski definition) is 6. The molecule has 2 aliphatic rings. The second kappa shape index (κ2) is 10.8. The molecule has 3 aromatic rings. The first-order chi connectivity index (χ1) is 18.3. The Morgan fingerprint density at radius 3 is 2.63 bits per heavy atom. The van der Waals surface area contributed by atoms with Crippen molar-refractivity contribution in [3.63, 3.8) is 0 Å². The Morgan fingerprint density at radius 2 is 1.89 bits per heavy atom. The number of ether oxygens (including phenoxy) is 2. The maximum Gasteiger partial charge on any atom is 0.283 e. The molecule has 0 fully saturated rings.